The molecule has 1 amide bonds. The van der Waals surface area contributed by atoms with Crippen molar-refractivity contribution in [2.75, 3.05) is 13.2 Å². The van der Waals surface area contributed by atoms with Crippen LogP contribution in [-0.2, 0) is 4.74 Å². The monoisotopic (exact) mass is 324 g/mol. The molecular formula is C20H24N2O2. The smallest absolute Gasteiger partial charge is 0.407 e. The van der Waals surface area contributed by atoms with Crippen LogP contribution in [0.25, 0.3) is 0 Å². The Morgan fingerprint density at radius 1 is 1.12 bits per heavy atom. The Kier molecular flexibility index (Phi) is 5.49. The zero-order chi connectivity index (χ0) is 16.8. The van der Waals surface area contributed by atoms with E-state index in [0.717, 1.165) is 13.0 Å². The molecule has 0 bridgehead atoms. The largest absolute Gasteiger partial charge is 0.450 e. The van der Waals surface area contributed by atoms with E-state index >= 15 is 0 Å². The van der Waals surface area contributed by atoms with Crippen molar-refractivity contribution < 1.29 is 9.53 Å². The Morgan fingerprint density at radius 2 is 1.71 bits per heavy atom. The first-order chi connectivity index (χ1) is 11.8. The van der Waals surface area contributed by atoms with Gasteiger partial charge >= 0.3 is 6.09 Å². The molecule has 2 unspecified atom stereocenters. The van der Waals surface area contributed by atoms with Gasteiger partial charge in [0.25, 0.3) is 0 Å². The molecule has 2 N–H and O–H groups in total. The summed E-state index contributed by atoms with van der Waals surface area (Å²) in [5.74, 6) is 0.265. The Labute approximate surface area is 143 Å². The molecule has 0 aromatic heterocycles. The van der Waals surface area contributed by atoms with Crippen molar-refractivity contribution in [3.05, 3.63) is 71.8 Å². The first-order valence-corrected chi connectivity index (χ1v) is 8.54. The lowest BCUT2D eigenvalue weighted by molar-refractivity contribution is 0.148. The van der Waals surface area contributed by atoms with Crippen molar-refractivity contribution in [3.63, 3.8) is 0 Å². The molecule has 1 heterocycles. The number of benzene rings is 2. The van der Waals surface area contributed by atoms with Gasteiger partial charge in [-0.2, -0.15) is 0 Å². The predicted octanol–water partition coefficient (Wildman–Crippen LogP) is 3.30. The van der Waals surface area contributed by atoms with Crippen molar-refractivity contribution in [1.82, 2.24) is 10.6 Å². The zero-order valence-electron chi connectivity index (χ0n) is 13.9. The van der Waals surface area contributed by atoms with E-state index in [0.29, 0.717) is 6.61 Å². The van der Waals surface area contributed by atoms with E-state index in [4.69, 9.17) is 4.74 Å². The molecule has 2 aromatic rings. The number of carbonyl (C=O) groups excluding carboxylic acids is 1. The van der Waals surface area contributed by atoms with Crippen LogP contribution in [-0.4, -0.2) is 31.3 Å². The lowest BCUT2D eigenvalue weighted by atomic mass is 9.84. The minimum atomic E-state index is -0.332. The second-order valence-electron chi connectivity index (χ2n) is 6.11. The lowest BCUT2D eigenvalue weighted by Gasteiger charge is -2.25. The highest BCUT2D eigenvalue weighted by Gasteiger charge is 2.33. The third kappa shape index (κ3) is 3.95. The summed E-state index contributed by atoms with van der Waals surface area (Å²) in [6.45, 7) is 2.97. The summed E-state index contributed by atoms with van der Waals surface area (Å²) in [7, 11) is 0. The predicted molar refractivity (Wildman–Crippen MR) is 95.1 cm³/mol. The SMILES string of the molecule is CCOC(=O)NC1CNC(C(c2ccccc2)c2ccccc2)C1. The summed E-state index contributed by atoms with van der Waals surface area (Å²) in [6.07, 6.45) is 0.550. The highest BCUT2D eigenvalue weighted by atomic mass is 16.5. The van der Waals surface area contributed by atoms with Crippen LogP contribution in [0.5, 0.6) is 0 Å². The van der Waals surface area contributed by atoms with E-state index in [-0.39, 0.29) is 24.1 Å². The molecular weight excluding hydrogens is 300 g/mol. The maximum Gasteiger partial charge on any atom is 0.407 e. The minimum Gasteiger partial charge on any atom is -0.450 e. The summed E-state index contributed by atoms with van der Waals surface area (Å²) in [5, 5.41) is 6.52. The molecule has 4 nitrogen and oxygen atoms in total. The molecule has 2 atom stereocenters. The number of ether oxygens (including phenoxy) is 1. The lowest BCUT2D eigenvalue weighted by Crippen LogP contribution is -2.36. The summed E-state index contributed by atoms with van der Waals surface area (Å²) < 4.78 is 4.99. The van der Waals surface area contributed by atoms with Gasteiger partial charge in [0.05, 0.1) is 6.61 Å². The molecule has 0 spiro atoms. The quantitative estimate of drug-likeness (QED) is 0.887. The highest BCUT2D eigenvalue weighted by Crippen LogP contribution is 2.32. The average molecular weight is 324 g/mol. The molecule has 4 heteroatoms. The number of carbonyl (C=O) groups is 1. The molecule has 1 aliphatic heterocycles. The maximum absolute atomic E-state index is 11.7. The number of rotatable bonds is 5. The minimum absolute atomic E-state index is 0.101. The van der Waals surface area contributed by atoms with Crippen molar-refractivity contribution in [2.45, 2.75) is 31.3 Å². The first kappa shape index (κ1) is 16.5. The van der Waals surface area contributed by atoms with E-state index in [1.165, 1.54) is 11.1 Å². The fourth-order valence-electron chi connectivity index (χ4n) is 3.45. The highest BCUT2D eigenvalue weighted by molar-refractivity contribution is 5.67. The number of alkyl carbamates (subject to hydrolysis) is 1. The van der Waals surface area contributed by atoms with Crippen molar-refractivity contribution in [3.8, 4) is 0 Å². The fourth-order valence-corrected chi connectivity index (χ4v) is 3.45. The van der Waals surface area contributed by atoms with Crippen molar-refractivity contribution >= 4 is 6.09 Å². The molecule has 1 saturated heterocycles. The molecule has 2 aromatic carbocycles. The van der Waals surface area contributed by atoms with Crippen LogP contribution in [0.15, 0.2) is 60.7 Å². The van der Waals surface area contributed by atoms with Gasteiger partial charge in [-0.15, -0.1) is 0 Å². The van der Waals surface area contributed by atoms with Gasteiger partial charge in [0.1, 0.15) is 0 Å². The average Bonchev–Trinajstić information content (AvgIpc) is 3.05. The Balaban J connectivity index is 1.77. The van der Waals surface area contributed by atoms with Gasteiger partial charge in [-0.05, 0) is 24.5 Å². The van der Waals surface area contributed by atoms with E-state index in [1.807, 2.05) is 19.1 Å². The molecule has 24 heavy (non-hydrogen) atoms. The Morgan fingerprint density at radius 3 is 2.25 bits per heavy atom. The van der Waals surface area contributed by atoms with E-state index < -0.39 is 0 Å². The molecule has 126 valence electrons. The molecule has 1 fully saturated rings. The Bertz CT molecular complexity index is 606. The van der Waals surface area contributed by atoms with E-state index in [2.05, 4.69) is 59.2 Å². The Hall–Kier alpha value is -2.33. The summed E-state index contributed by atoms with van der Waals surface area (Å²) in [4.78, 5) is 11.7. The number of amides is 1. The number of nitrogens with one attached hydrogen (secondary N) is 2. The van der Waals surface area contributed by atoms with Gasteiger partial charge < -0.3 is 15.4 Å². The maximum atomic E-state index is 11.7. The second-order valence-corrected chi connectivity index (χ2v) is 6.11. The second kappa shape index (κ2) is 7.97. The topological polar surface area (TPSA) is 50.4 Å². The zero-order valence-corrected chi connectivity index (χ0v) is 13.9. The van der Waals surface area contributed by atoms with Gasteiger partial charge in [0.15, 0.2) is 0 Å². The van der Waals surface area contributed by atoms with E-state index in [9.17, 15) is 4.79 Å². The van der Waals surface area contributed by atoms with Crippen LogP contribution >= 0.6 is 0 Å². The number of hydrogen-bond acceptors (Lipinski definition) is 3. The fraction of sp³-hybridized carbons (Fsp3) is 0.350. The van der Waals surface area contributed by atoms with Crippen LogP contribution in [0.4, 0.5) is 4.79 Å². The molecule has 0 saturated carbocycles. The van der Waals surface area contributed by atoms with Crippen LogP contribution in [0.3, 0.4) is 0 Å². The van der Waals surface area contributed by atoms with Gasteiger partial charge in [-0.3, -0.25) is 0 Å². The first-order valence-electron chi connectivity index (χ1n) is 8.54. The third-order valence-electron chi connectivity index (χ3n) is 4.48. The van der Waals surface area contributed by atoms with E-state index in [1.54, 1.807) is 0 Å². The summed E-state index contributed by atoms with van der Waals surface area (Å²) in [6, 6.07) is 21.5. The van der Waals surface area contributed by atoms with Crippen LogP contribution in [0, 0.1) is 0 Å². The van der Waals surface area contributed by atoms with Gasteiger partial charge in [-0.25, -0.2) is 4.79 Å². The number of hydrogen-bond donors (Lipinski definition) is 2. The van der Waals surface area contributed by atoms with Crippen LogP contribution in [0.1, 0.15) is 30.4 Å². The molecule has 0 aliphatic carbocycles. The standard InChI is InChI=1S/C20H24N2O2/c1-2-24-20(23)22-17-13-18(21-14-17)19(15-9-5-3-6-10-15)16-11-7-4-8-12-16/h3-12,17-19,21H,2,13-14H2,1H3,(H,22,23). The van der Waals surface area contributed by atoms with Crippen LogP contribution < -0.4 is 10.6 Å². The van der Waals surface area contributed by atoms with Gasteiger partial charge in [0.2, 0.25) is 0 Å². The third-order valence-corrected chi connectivity index (χ3v) is 4.48. The van der Waals surface area contributed by atoms with Gasteiger partial charge in [0, 0.05) is 24.5 Å². The van der Waals surface area contributed by atoms with Gasteiger partial charge in [-0.1, -0.05) is 60.7 Å². The molecule has 1 aliphatic rings. The van der Waals surface area contributed by atoms with Crippen LogP contribution in [0.2, 0.25) is 0 Å². The molecule has 3 rings (SSSR count). The molecule has 0 radical (unpaired) electrons. The van der Waals surface area contributed by atoms with Crippen molar-refractivity contribution in [1.29, 1.82) is 0 Å². The normalized spacial score (nSPS) is 20.1. The summed E-state index contributed by atoms with van der Waals surface area (Å²) >= 11 is 0. The summed E-state index contributed by atoms with van der Waals surface area (Å²) in [5.41, 5.74) is 2.58. The van der Waals surface area contributed by atoms with Crippen molar-refractivity contribution in [2.24, 2.45) is 0 Å².